The van der Waals surface area contributed by atoms with E-state index < -0.39 is 10.0 Å². The van der Waals surface area contributed by atoms with E-state index in [1.165, 1.54) is 15.6 Å². The highest BCUT2D eigenvalue weighted by molar-refractivity contribution is 7.89. The molecule has 0 aliphatic carbocycles. The summed E-state index contributed by atoms with van der Waals surface area (Å²) in [4.78, 5) is 18.1. The molecule has 0 radical (unpaired) electrons. The average Bonchev–Trinajstić information content (AvgIpc) is 3.30. The zero-order valence-electron chi connectivity index (χ0n) is 18.5. The van der Waals surface area contributed by atoms with Gasteiger partial charge < -0.3 is 14.4 Å². The number of unbranched alkanes of at least 4 members (excludes halogenated alkanes) is 3. The second kappa shape index (κ2) is 12.3. The van der Waals surface area contributed by atoms with Gasteiger partial charge in [-0.3, -0.25) is 9.69 Å². The molecule has 1 amide bonds. The third-order valence-corrected chi connectivity index (χ3v) is 8.74. The lowest BCUT2D eigenvalue weighted by Crippen LogP contribution is -2.44. The number of amides is 1. The summed E-state index contributed by atoms with van der Waals surface area (Å²) in [6.07, 6.45) is 4.27. The van der Waals surface area contributed by atoms with Gasteiger partial charge in [-0.25, -0.2) is 8.42 Å². The fourth-order valence-electron chi connectivity index (χ4n) is 3.86. The first-order valence-corrected chi connectivity index (χ1v) is 13.6. The average molecular weight is 474 g/mol. The summed E-state index contributed by atoms with van der Waals surface area (Å²) >= 11 is 1.22. The molecule has 1 aromatic heterocycles. The maximum atomic E-state index is 13.5. The Hall–Kier alpha value is -1.04. The Morgan fingerprint density at radius 2 is 1.71 bits per heavy atom. The monoisotopic (exact) mass is 473 g/mol. The van der Waals surface area contributed by atoms with Crippen LogP contribution in [0.15, 0.2) is 16.3 Å². The Morgan fingerprint density at radius 1 is 1.03 bits per heavy atom. The first-order chi connectivity index (χ1) is 15.0. The van der Waals surface area contributed by atoms with Crippen LogP contribution in [0.25, 0.3) is 0 Å². The van der Waals surface area contributed by atoms with Gasteiger partial charge in [-0.1, -0.05) is 26.2 Å². The number of carbonyl (C=O) groups excluding carboxylic acids is 1. The molecular formula is C21H35N3O5S2. The minimum absolute atomic E-state index is 0.134. The van der Waals surface area contributed by atoms with Crippen molar-refractivity contribution in [1.29, 1.82) is 0 Å². The standard InChI is InChI=1S/C21H35N3O5S2/c1-2-3-4-5-7-23(9-8-22-10-14-28-15-11-22)21(25)20-19(6-18-30-20)31(26,27)24-12-16-29-17-13-24/h6,18H,2-5,7-17H2,1H3. The maximum absolute atomic E-state index is 13.5. The van der Waals surface area contributed by atoms with Crippen molar-refractivity contribution in [2.24, 2.45) is 0 Å². The van der Waals surface area contributed by atoms with Crippen LogP contribution in [0.4, 0.5) is 0 Å². The summed E-state index contributed by atoms with van der Waals surface area (Å²) in [5.41, 5.74) is 0. The molecule has 0 aromatic carbocycles. The van der Waals surface area contributed by atoms with Gasteiger partial charge in [0.1, 0.15) is 9.77 Å². The maximum Gasteiger partial charge on any atom is 0.265 e. The van der Waals surface area contributed by atoms with E-state index >= 15 is 0 Å². The topological polar surface area (TPSA) is 79.4 Å². The second-order valence-corrected chi connectivity index (χ2v) is 10.8. The minimum atomic E-state index is -3.70. The van der Waals surface area contributed by atoms with Crippen molar-refractivity contribution in [2.75, 3.05) is 72.2 Å². The molecule has 2 aliphatic rings. The molecule has 3 rings (SSSR count). The number of carbonyl (C=O) groups is 1. The van der Waals surface area contributed by atoms with Crippen molar-refractivity contribution >= 4 is 27.3 Å². The first-order valence-electron chi connectivity index (χ1n) is 11.3. The van der Waals surface area contributed by atoms with E-state index in [4.69, 9.17) is 9.47 Å². The number of hydrogen-bond donors (Lipinski definition) is 0. The largest absolute Gasteiger partial charge is 0.379 e. The van der Waals surface area contributed by atoms with Gasteiger partial charge in [0.2, 0.25) is 10.0 Å². The molecule has 0 saturated carbocycles. The second-order valence-electron chi connectivity index (χ2n) is 7.94. The van der Waals surface area contributed by atoms with Gasteiger partial charge in [-0.15, -0.1) is 11.3 Å². The van der Waals surface area contributed by atoms with Crippen LogP contribution in [0.3, 0.4) is 0 Å². The number of sulfonamides is 1. The van der Waals surface area contributed by atoms with Crippen LogP contribution < -0.4 is 0 Å². The molecule has 10 heteroatoms. The Balaban J connectivity index is 1.72. The summed E-state index contributed by atoms with van der Waals surface area (Å²) in [5.74, 6) is -0.174. The van der Waals surface area contributed by atoms with Gasteiger partial charge in [0.25, 0.3) is 5.91 Å². The Morgan fingerprint density at radius 3 is 2.39 bits per heavy atom. The Bertz CT molecular complexity index is 787. The number of thiophene rings is 1. The van der Waals surface area contributed by atoms with E-state index in [9.17, 15) is 13.2 Å². The molecule has 0 atom stereocenters. The lowest BCUT2D eigenvalue weighted by Gasteiger charge is -2.30. The van der Waals surface area contributed by atoms with E-state index in [0.717, 1.165) is 58.5 Å². The predicted molar refractivity (Wildman–Crippen MR) is 121 cm³/mol. The number of rotatable bonds is 11. The molecule has 2 fully saturated rings. The number of ether oxygens (including phenoxy) is 2. The van der Waals surface area contributed by atoms with Crippen molar-refractivity contribution in [3.05, 3.63) is 16.3 Å². The minimum Gasteiger partial charge on any atom is -0.379 e. The first kappa shape index (κ1) is 24.6. The third-order valence-electron chi connectivity index (χ3n) is 5.77. The number of nitrogens with zero attached hydrogens (tertiary/aromatic N) is 3. The van der Waals surface area contributed by atoms with E-state index in [1.54, 1.807) is 11.4 Å². The highest BCUT2D eigenvalue weighted by Gasteiger charge is 2.32. The molecule has 8 nitrogen and oxygen atoms in total. The lowest BCUT2D eigenvalue weighted by atomic mass is 10.2. The summed E-state index contributed by atoms with van der Waals surface area (Å²) < 4.78 is 38.5. The number of hydrogen-bond acceptors (Lipinski definition) is 7. The van der Waals surface area contributed by atoms with Crippen molar-refractivity contribution in [3.63, 3.8) is 0 Å². The molecule has 0 bridgehead atoms. The van der Waals surface area contributed by atoms with Crippen molar-refractivity contribution in [2.45, 2.75) is 37.5 Å². The van der Waals surface area contributed by atoms with Crippen LogP contribution in [0.5, 0.6) is 0 Å². The Labute approximate surface area is 190 Å². The molecule has 2 aliphatic heterocycles. The van der Waals surface area contributed by atoms with Gasteiger partial charge in [0.05, 0.1) is 26.4 Å². The van der Waals surface area contributed by atoms with E-state index in [1.807, 2.05) is 4.90 Å². The molecule has 31 heavy (non-hydrogen) atoms. The van der Waals surface area contributed by atoms with Gasteiger partial charge in [0.15, 0.2) is 0 Å². The summed E-state index contributed by atoms with van der Waals surface area (Å²) in [6, 6.07) is 1.57. The molecule has 0 unspecified atom stereocenters. The van der Waals surface area contributed by atoms with Gasteiger partial charge in [-0.05, 0) is 17.9 Å². The van der Waals surface area contributed by atoms with Crippen LogP contribution in [-0.4, -0.2) is 101 Å². The zero-order chi connectivity index (χ0) is 22.1. The molecule has 176 valence electrons. The van der Waals surface area contributed by atoms with Crippen LogP contribution >= 0.6 is 11.3 Å². The lowest BCUT2D eigenvalue weighted by molar-refractivity contribution is 0.0324. The fraction of sp³-hybridized carbons (Fsp3) is 0.762. The van der Waals surface area contributed by atoms with Crippen LogP contribution in [-0.2, 0) is 19.5 Å². The fourth-order valence-corrected chi connectivity index (χ4v) is 6.63. The molecule has 2 saturated heterocycles. The van der Waals surface area contributed by atoms with E-state index in [0.29, 0.717) is 44.3 Å². The molecular weight excluding hydrogens is 438 g/mol. The van der Waals surface area contributed by atoms with Crippen LogP contribution in [0.2, 0.25) is 0 Å². The predicted octanol–water partition coefficient (Wildman–Crippen LogP) is 2.12. The molecule has 0 spiro atoms. The van der Waals surface area contributed by atoms with E-state index in [2.05, 4.69) is 11.8 Å². The Kier molecular flexibility index (Phi) is 9.73. The highest BCUT2D eigenvalue weighted by atomic mass is 32.2. The summed E-state index contributed by atoms with van der Waals surface area (Å²) in [6.45, 7) is 8.78. The van der Waals surface area contributed by atoms with Crippen LogP contribution in [0.1, 0.15) is 42.3 Å². The quantitative estimate of drug-likeness (QED) is 0.458. The normalized spacial score (nSPS) is 18.9. The molecule has 1 aromatic rings. The van der Waals surface area contributed by atoms with E-state index in [-0.39, 0.29) is 10.8 Å². The van der Waals surface area contributed by atoms with Crippen molar-refractivity contribution in [1.82, 2.24) is 14.1 Å². The third kappa shape index (κ3) is 6.72. The zero-order valence-corrected chi connectivity index (χ0v) is 20.1. The van der Waals surface area contributed by atoms with Crippen LogP contribution in [0, 0.1) is 0 Å². The molecule has 3 heterocycles. The van der Waals surface area contributed by atoms with Gasteiger partial charge >= 0.3 is 0 Å². The SMILES string of the molecule is CCCCCCN(CCN1CCOCC1)C(=O)c1sccc1S(=O)(=O)N1CCOCC1. The summed E-state index contributed by atoms with van der Waals surface area (Å²) in [5, 5.41) is 1.71. The summed E-state index contributed by atoms with van der Waals surface area (Å²) in [7, 11) is -3.70. The van der Waals surface area contributed by atoms with Gasteiger partial charge in [0, 0.05) is 45.8 Å². The number of morpholine rings is 2. The van der Waals surface area contributed by atoms with Gasteiger partial charge in [-0.2, -0.15) is 4.31 Å². The highest BCUT2D eigenvalue weighted by Crippen LogP contribution is 2.27. The van der Waals surface area contributed by atoms with Crippen molar-refractivity contribution in [3.8, 4) is 0 Å². The molecule has 0 N–H and O–H groups in total. The van der Waals surface area contributed by atoms with Crippen molar-refractivity contribution < 1.29 is 22.7 Å². The smallest absolute Gasteiger partial charge is 0.265 e.